The molecule has 1 aliphatic rings. The first-order valence-corrected chi connectivity index (χ1v) is 9.74. The van der Waals surface area contributed by atoms with Crippen LogP contribution in [-0.4, -0.2) is 27.6 Å². The zero-order valence-electron chi connectivity index (χ0n) is 14.1. The number of benzene rings is 2. The number of carbonyl (C=O) groups is 2. The van der Waals surface area contributed by atoms with E-state index in [4.69, 9.17) is 23.8 Å². The van der Waals surface area contributed by atoms with Crippen LogP contribution < -0.4 is 10.9 Å². The number of para-hydroxylation sites is 1. The number of nitrogens with zero attached hydrogens (tertiary/aromatic N) is 1. The highest BCUT2D eigenvalue weighted by Crippen LogP contribution is 2.33. The highest BCUT2D eigenvalue weighted by atomic mass is 35.5. The molecular formula is C19H16ClN3O2S2. The Kier molecular flexibility index (Phi) is 6.49. The second-order valence-corrected chi connectivity index (χ2v) is 7.73. The number of halogens is 1. The minimum atomic E-state index is -0.233. The molecule has 3 rings (SSSR count). The first-order chi connectivity index (χ1) is 13.0. The summed E-state index contributed by atoms with van der Waals surface area (Å²) in [5, 5.41) is 0.564. The number of thiocarbonyl (C=S) groups is 1. The van der Waals surface area contributed by atoms with Crippen molar-refractivity contribution in [1.29, 1.82) is 0 Å². The van der Waals surface area contributed by atoms with Gasteiger partial charge in [-0.1, -0.05) is 72.0 Å². The molecule has 0 bridgehead atoms. The molecule has 0 radical (unpaired) electrons. The third kappa shape index (κ3) is 5.09. The van der Waals surface area contributed by atoms with Crippen molar-refractivity contribution in [2.24, 2.45) is 0 Å². The maximum Gasteiger partial charge on any atom is 0.266 e. The van der Waals surface area contributed by atoms with Crippen LogP contribution in [0.1, 0.15) is 12.0 Å². The molecule has 27 heavy (non-hydrogen) atoms. The van der Waals surface area contributed by atoms with Crippen molar-refractivity contribution in [1.82, 2.24) is 10.3 Å². The Labute approximate surface area is 171 Å². The number of amides is 2. The molecule has 1 fully saturated rings. The predicted octanol–water partition coefficient (Wildman–Crippen LogP) is 4.07. The maximum absolute atomic E-state index is 12.6. The van der Waals surface area contributed by atoms with Crippen molar-refractivity contribution in [2.45, 2.75) is 6.42 Å². The standard InChI is InChI=1S/C19H16ClN3O2S2/c20-15-9-5-4-6-13(15)12-16-18(25)23(19(26)27-16)11-10-17(24)22-21-14-7-2-1-3-8-14/h1-9,12,21H,10-11H2,(H,22,24)/b16-12+. The minimum absolute atomic E-state index is 0.131. The number of hydrogen-bond donors (Lipinski definition) is 2. The lowest BCUT2D eigenvalue weighted by atomic mass is 10.2. The summed E-state index contributed by atoms with van der Waals surface area (Å²) in [5.74, 6) is -0.447. The number of hydrogen-bond acceptors (Lipinski definition) is 5. The molecule has 2 amide bonds. The summed E-state index contributed by atoms with van der Waals surface area (Å²) in [7, 11) is 0. The molecule has 0 aliphatic carbocycles. The first-order valence-electron chi connectivity index (χ1n) is 8.14. The van der Waals surface area contributed by atoms with Crippen LogP contribution in [0.5, 0.6) is 0 Å². The van der Waals surface area contributed by atoms with Crippen LogP contribution >= 0.6 is 35.6 Å². The van der Waals surface area contributed by atoms with E-state index in [9.17, 15) is 9.59 Å². The lowest BCUT2D eigenvalue weighted by Gasteiger charge is -2.14. The average molecular weight is 418 g/mol. The van der Waals surface area contributed by atoms with E-state index in [2.05, 4.69) is 10.9 Å². The highest BCUT2D eigenvalue weighted by Gasteiger charge is 2.32. The summed E-state index contributed by atoms with van der Waals surface area (Å²) in [5.41, 5.74) is 6.96. The van der Waals surface area contributed by atoms with Crippen molar-refractivity contribution < 1.29 is 9.59 Å². The third-order valence-electron chi connectivity index (χ3n) is 3.75. The fourth-order valence-corrected chi connectivity index (χ4v) is 3.86. The zero-order chi connectivity index (χ0) is 19.2. The van der Waals surface area contributed by atoms with Crippen molar-refractivity contribution in [3.05, 3.63) is 70.1 Å². The van der Waals surface area contributed by atoms with Crippen LogP contribution in [0.15, 0.2) is 59.5 Å². The van der Waals surface area contributed by atoms with Crippen LogP contribution in [0, 0.1) is 0 Å². The van der Waals surface area contributed by atoms with Crippen molar-refractivity contribution in [3.63, 3.8) is 0 Å². The van der Waals surface area contributed by atoms with E-state index in [1.54, 1.807) is 12.1 Å². The zero-order valence-corrected chi connectivity index (χ0v) is 16.5. The van der Waals surface area contributed by atoms with Gasteiger partial charge in [0.15, 0.2) is 0 Å². The lowest BCUT2D eigenvalue weighted by molar-refractivity contribution is -0.123. The number of hydrazine groups is 1. The molecule has 138 valence electrons. The Morgan fingerprint density at radius 3 is 2.59 bits per heavy atom. The van der Waals surface area contributed by atoms with Gasteiger partial charge >= 0.3 is 0 Å². The van der Waals surface area contributed by atoms with E-state index >= 15 is 0 Å². The lowest BCUT2D eigenvalue weighted by Crippen LogP contribution is -2.35. The van der Waals surface area contributed by atoms with Crippen LogP contribution in [0.3, 0.4) is 0 Å². The van der Waals surface area contributed by atoms with E-state index in [0.717, 1.165) is 11.3 Å². The number of carbonyl (C=O) groups excluding carboxylic acids is 2. The molecule has 2 N–H and O–H groups in total. The van der Waals surface area contributed by atoms with E-state index < -0.39 is 0 Å². The van der Waals surface area contributed by atoms with Crippen molar-refractivity contribution in [3.8, 4) is 0 Å². The SMILES string of the molecule is O=C(CCN1C(=O)/C(=C\c2ccccc2Cl)SC1=S)NNc1ccccc1. The Morgan fingerprint density at radius 2 is 1.85 bits per heavy atom. The van der Waals surface area contributed by atoms with Gasteiger partial charge in [0.05, 0.1) is 10.6 Å². The van der Waals surface area contributed by atoms with Gasteiger partial charge in [-0.3, -0.25) is 25.3 Å². The summed E-state index contributed by atoms with van der Waals surface area (Å²) in [6.45, 7) is 0.215. The molecule has 2 aromatic carbocycles. The third-order valence-corrected chi connectivity index (χ3v) is 5.47. The van der Waals surface area contributed by atoms with E-state index in [1.807, 2.05) is 48.5 Å². The largest absolute Gasteiger partial charge is 0.299 e. The first kappa shape index (κ1) is 19.4. The van der Waals surface area contributed by atoms with Crippen LogP contribution in [0.2, 0.25) is 5.02 Å². The molecular weight excluding hydrogens is 402 g/mol. The smallest absolute Gasteiger partial charge is 0.266 e. The highest BCUT2D eigenvalue weighted by molar-refractivity contribution is 8.26. The Balaban J connectivity index is 1.56. The summed E-state index contributed by atoms with van der Waals surface area (Å²) >= 11 is 12.6. The Hall–Kier alpha value is -2.35. The normalized spacial score (nSPS) is 15.3. The van der Waals surface area contributed by atoms with E-state index in [1.165, 1.54) is 16.7 Å². The molecule has 0 spiro atoms. The molecule has 8 heteroatoms. The van der Waals surface area contributed by atoms with Gasteiger partial charge in [-0.2, -0.15) is 0 Å². The molecule has 5 nitrogen and oxygen atoms in total. The monoisotopic (exact) mass is 417 g/mol. The summed E-state index contributed by atoms with van der Waals surface area (Å²) < 4.78 is 0.433. The topological polar surface area (TPSA) is 61.4 Å². The summed E-state index contributed by atoms with van der Waals surface area (Å²) in [4.78, 5) is 26.5. The predicted molar refractivity (Wildman–Crippen MR) is 114 cm³/mol. The number of nitrogens with one attached hydrogen (secondary N) is 2. The summed E-state index contributed by atoms with van der Waals surface area (Å²) in [6.07, 6.45) is 1.85. The molecule has 0 unspecified atom stereocenters. The van der Waals surface area contributed by atoms with Gasteiger partial charge in [0.25, 0.3) is 5.91 Å². The van der Waals surface area contributed by atoms with Gasteiger partial charge in [-0.25, -0.2) is 0 Å². The second kappa shape index (κ2) is 9.03. The molecule has 0 saturated carbocycles. The van der Waals surface area contributed by atoms with E-state index in [-0.39, 0.29) is 24.8 Å². The van der Waals surface area contributed by atoms with Crippen molar-refractivity contribution in [2.75, 3.05) is 12.0 Å². The fraction of sp³-hybridized carbons (Fsp3) is 0.105. The summed E-state index contributed by atoms with van der Waals surface area (Å²) in [6, 6.07) is 16.5. The quantitative estimate of drug-likeness (QED) is 0.421. The van der Waals surface area contributed by atoms with Crippen LogP contribution in [-0.2, 0) is 9.59 Å². The van der Waals surface area contributed by atoms with E-state index in [0.29, 0.717) is 14.2 Å². The second-order valence-electron chi connectivity index (χ2n) is 5.64. The molecule has 2 aromatic rings. The molecule has 0 atom stereocenters. The minimum Gasteiger partial charge on any atom is -0.299 e. The Morgan fingerprint density at radius 1 is 1.15 bits per heavy atom. The molecule has 1 heterocycles. The van der Waals surface area contributed by atoms with Crippen LogP contribution in [0.25, 0.3) is 6.08 Å². The number of rotatable bonds is 6. The van der Waals surface area contributed by atoms with Gasteiger partial charge in [0.2, 0.25) is 5.91 Å². The molecule has 1 aliphatic heterocycles. The number of anilines is 1. The van der Waals surface area contributed by atoms with Gasteiger partial charge in [0, 0.05) is 18.0 Å². The van der Waals surface area contributed by atoms with Gasteiger partial charge < -0.3 is 0 Å². The van der Waals surface area contributed by atoms with Gasteiger partial charge in [0.1, 0.15) is 4.32 Å². The number of thioether (sulfide) groups is 1. The molecule has 0 aromatic heterocycles. The fourth-order valence-electron chi connectivity index (χ4n) is 2.37. The van der Waals surface area contributed by atoms with Gasteiger partial charge in [-0.15, -0.1) is 0 Å². The average Bonchev–Trinajstić information content (AvgIpc) is 2.94. The van der Waals surface area contributed by atoms with Gasteiger partial charge in [-0.05, 0) is 29.8 Å². The molecule has 1 saturated heterocycles. The Bertz CT molecular complexity index is 903. The maximum atomic E-state index is 12.6. The van der Waals surface area contributed by atoms with Crippen LogP contribution in [0.4, 0.5) is 5.69 Å². The van der Waals surface area contributed by atoms with Crippen molar-refractivity contribution >= 4 is 63.5 Å².